The number of imide groups is 2. The molecule has 0 aromatic heterocycles. The fraction of sp³-hybridized carbons (Fsp3) is 0.667. The second-order valence-corrected chi connectivity index (χ2v) is 4.33. The predicted octanol–water partition coefficient (Wildman–Crippen LogP) is 0.578. The first-order valence-electron chi connectivity index (χ1n) is 6.28. The molecule has 0 aliphatic carbocycles. The summed E-state index contributed by atoms with van der Waals surface area (Å²) in [6, 6.07) is -0.638. The zero-order valence-corrected chi connectivity index (χ0v) is 10.9. The lowest BCUT2D eigenvalue weighted by atomic mass is 10.2. The Morgan fingerprint density at radius 1 is 1.21 bits per heavy atom. The molecule has 7 nitrogen and oxygen atoms in total. The number of carbonyl (C=O) groups is 4. The Morgan fingerprint density at radius 2 is 1.89 bits per heavy atom. The van der Waals surface area contributed by atoms with Crippen LogP contribution in [-0.4, -0.2) is 41.9 Å². The minimum Gasteiger partial charge on any atom is -0.466 e. The van der Waals surface area contributed by atoms with E-state index in [0.29, 0.717) is 19.6 Å². The number of nitrogens with one attached hydrogen (secondary N) is 1. The number of ether oxygens (including phenoxy) is 1. The van der Waals surface area contributed by atoms with Crippen LogP contribution >= 0.6 is 0 Å². The van der Waals surface area contributed by atoms with Gasteiger partial charge in [-0.1, -0.05) is 6.42 Å². The van der Waals surface area contributed by atoms with E-state index in [0.717, 1.165) is 24.2 Å². The minimum atomic E-state index is -0.638. The molecule has 7 heteroatoms. The Bertz CT molecular complexity index is 360. The maximum absolute atomic E-state index is 11.4. The van der Waals surface area contributed by atoms with E-state index in [1.54, 1.807) is 0 Å². The van der Waals surface area contributed by atoms with Crippen molar-refractivity contribution in [2.45, 2.75) is 39.0 Å². The van der Waals surface area contributed by atoms with Gasteiger partial charge < -0.3 is 4.74 Å². The first kappa shape index (κ1) is 15.1. The van der Waals surface area contributed by atoms with Crippen LogP contribution in [0.1, 0.15) is 39.0 Å². The van der Waals surface area contributed by atoms with Gasteiger partial charge in [0.15, 0.2) is 0 Å². The first-order valence-corrected chi connectivity index (χ1v) is 6.28. The molecule has 0 saturated carbocycles. The highest BCUT2D eigenvalue weighted by molar-refractivity contribution is 6.14. The second kappa shape index (κ2) is 7.50. The van der Waals surface area contributed by atoms with Crippen LogP contribution in [0.5, 0.6) is 0 Å². The zero-order valence-electron chi connectivity index (χ0n) is 10.9. The molecule has 19 heavy (non-hydrogen) atoms. The van der Waals surface area contributed by atoms with E-state index in [2.05, 4.69) is 5.32 Å². The van der Waals surface area contributed by atoms with Crippen molar-refractivity contribution in [2.24, 2.45) is 0 Å². The van der Waals surface area contributed by atoms with Crippen molar-refractivity contribution in [2.75, 3.05) is 13.2 Å². The highest BCUT2D eigenvalue weighted by atomic mass is 16.5. The molecule has 1 saturated heterocycles. The Kier molecular flexibility index (Phi) is 5.98. The highest BCUT2D eigenvalue weighted by Gasteiger charge is 2.29. The summed E-state index contributed by atoms with van der Waals surface area (Å²) in [4.78, 5) is 45.3. The molecule has 1 fully saturated rings. The quantitative estimate of drug-likeness (QED) is 0.415. The minimum absolute atomic E-state index is 0.266. The molecule has 1 aliphatic rings. The summed E-state index contributed by atoms with van der Waals surface area (Å²) in [5.41, 5.74) is 0. The lowest BCUT2D eigenvalue weighted by Gasteiger charge is -2.24. The molecule has 0 unspecified atom stereocenters. The van der Waals surface area contributed by atoms with Gasteiger partial charge in [-0.2, -0.15) is 0 Å². The third-order valence-corrected chi connectivity index (χ3v) is 2.69. The van der Waals surface area contributed by atoms with Crippen LogP contribution in [0.2, 0.25) is 0 Å². The third-order valence-electron chi connectivity index (χ3n) is 2.69. The van der Waals surface area contributed by atoms with Crippen molar-refractivity contribution in [3.63, 3.8) is 0 Å². The Hall–Kier alpha value is -1.92. The predicted molar refractivity (Wildman–Crippen MR) is 65.0 cm³/mol. The highest BCUT2D eigenvalue weighted by Crippen LogP contribution is 2.07. The van der Waals surface area contributed by atoms with E-state index in [-0.39, 0.29) is 12.4 Å². The molecule has 0 aromatic rings. The van der Waals surface area contributed by atoms with Gasteiger partial charge in [0.1, 0.15) is 6.42 Å². The van der Waals surface area contributed by atoms with Crippen LogP contribution < -0.4 is 5.32 Å². The molecule has 0 spiro atoms. The Morgan fingerprint density at radius 3 is 2.53 bits per heavy atom. The van der Waals surface area contributed by atoms with Crippen molar-refractivity contribution < 1.29 is 23.9 Å². The van der Waals surface area contributed by atoms with E-state index < -0.39 is 17.8 Å². The van der Waals surface area contributed by atoms with Crippen molar-refractivity contribution in [1.82, 2.24) is 10.2 Å². The van der Waals surface area contributed by atoms with E-state index in [1.165, 1.54) is 6.92 Å². The van der Waals surface area contributed by atoms with E-state index >= 15 is 0 Å². The summed E-state index contributed by atoms with van der Waals surface area (Å²) in [5, 5.41) is 2.10. The fourth-order valence-corrected chi connectivity index (χ4v) is 1.74. The molecule has 1 aliphatic heterocycles. The summed E-state index contributed by atoms with van der Waals surface area (Å²) in [6.45, 7) is 2.07. The summed E-state index contributed by atoms with van der Waals surface area (Å²) in [7, 11) is 0. The molecule has 106 valence electrons. The number of unbranched alkanes of at least 4 members (excludes halogenated alkanes) is 3. The molecule has 0 radical (unpaired) electrons. The zero-order chi connectivity index (χ0) is 14.3. The van der Waals surface area contributed by atoms with E-state index in [4.69, 9.17) is 4.74 Å². The number of esters is 1. The molecule has 0 aromatic carbocycles. The van der Waals surface area contributed by atoms with Crippen molar-refractivity contribution in [1.29, 1.82) is 0 Å². The van der Waals surface area contributed by atoms with Gasteiger partial charge >= 0.3 is 12.0 Å². The fourth-order valence-electron chi connectivity index (χ4n) is 1.74. The maximum atomic E-state index is 11.4. The Balaban J connectivity index is 2.12. The third kappa shape index (κ3) is 5.50. The van der Waals surface area contributed by atoms with Gasteiger partial charge in [0.05, 0.1) is 6.61 Å². The van der Waals surface area contributed by atoms with Crippen LogP contribution in [0, 0.1) is 0 Å². The topological polar surface area (TPSA) is 92.8 Å². The molecule has 1 heterocycles. The Labute approximate surface area is 111 Å². The van der Waals surface area contributed by atoms with Gasteiger partial charge in [0.2, 0.25) is 11.8 Å². The van der Waals surface area contributed by atoms with Gasteiger partial charge in [-0.05, 0) is 19.3 Å². The van der Waals surface area contributed by atoms with Crippen molar-refractivity contribution in [3.8, 4) is 0 Å². The number of urea groups is 1. The lowest BCUT2D eigenvalue weighted by Crippen LogP contribution is -2.52. The maximum Gasteiger partial charge on any atom is 0.330 e. The molecule has 0 bridgehead atoms. The average Bonchev–Trinajstić information content (AvgIpc) is 2.30. The van der Waals surface area contributed by atoms with Gasteiger partial charge in [-0.25, -0.2) is 4.79 Å². The average molecular weight is 270 g/mol. The van der Waals surface area contributed by atoms with Crippen LogP contribution in [0.15, 0.2) is 0 Å². The molecule has 1 rings (SSSR count). The lowest BCUT2D eigenvalue weighted by molar-refractivity contribution is -0.141. The number of nitrogens with zero attached hydrogens (tertiary/aromatic N) is 1. The summed E-state index contributed by atoms with van der Waals surface area (Å²) < 4.78 is 4.78. The SMILES string of the molecule is CC(=O)OCCCCCCN1C(=O)CC(=O)NC1=O. The van der Waals surface area contributed by atoms with E-state index in [1.807, 2.05) is 0 Å². The standard InChI is InChI=1S/C12H18N2O5/c1-9(15)19-7-5-3-2-4-6-14-11(17)8-10(16)13-12(14)18/h2-8H2,1H3,(H,13,16,18). The first-order chi connectivity index (χ1) is 9.00. The normalized spacial score (nSPS) is 15.4. The van der Waals surface area contributed by atoms with E-state index in [9.17, 15) is 19.2 Å². The molecule has 0 atom stereocenters. The van der Waals surface area contributed by atoms with Crippen LogP contribution in [0.25, 0.3) is 0 Å². The smallest absolute Gasteiger partial charge is 0.330 e. The van der Waals surface area contributed by atoms with Gasteiger partial charge in [-0.3, -0.25) is 24.6 Å². The number of hydrogen-bond donors (Lipinski definition) is 1. The largest absolute Gasteiger partial charge is 0.466 e. The van der Waals surface area contributed by atoms with Crippen molar-refractivity contribution >= 4 is 23.8 Å². The number of hydrogen-bond acceptors (Lipinski definition) is 5. The summed E-state index contributed by atoms with van der Waals surface area (Å²) >= 11 is 0. The number of carbonyl (C=O) groups excluding carboxylic acids is 4. The second-order valence-electron chi connectivity index (χ2n) is 4.33. The van der Waals surface area contributed by atoms with Gasteiger partial charge in [-0.15, -0.1) is 0 Å². The number of barbiturate groups is 1. The van der Waals surface area contributed by atoms with Crippen LogP contribution in [0.3, 0.4) is 0 Å². The summed E-state index contributed by atoms with van der Waals surface area (Å²) in [6.07, 6.45) is 2.85. The summed E-state index contributed by atoms with van der Waals surface area (Å²) in [5.74, 6) is -1.29. The van der Waals surface area contributed by atoms with Crippen LogP contribution in [0.4, 0.5) is 4.79 Å². The van der Waals surface area contributed by atoms with Gasteiger partial charge in [0, 0.05) is 13.5 Å². The van der Waals surface area contributed by atoms with Crippen molar-refractivity contribution in [3.05, 3.63) is 0 Å². The number of amides is 4. The molecule has 4 amide bonds. The molecular formula is C12H18N2O5. The monoisotopic (exact) mass is 270 g/mol. The molecule has 1 N–H and O–H groups in total. The molecular weight excluding hydrogens is 252 g/mol. The number of rotatable bonds is 7. The van der Waals surface area contributed by atoms with Crippen LogP contribution in [-0.2, 0) is 19.1 Å². The van der Waals surface area contributed by atoms with Gasteiger partial charge in [0.25, 0.3) is 0 Å².